The molecule has 0 saturated carbocycles. The molecule has 3 amide bonds. The number of para-hydroxylation sites is 1. The fourth-order valence-electron chi connectivity index (χ4n) is 6.17. The number of benzene rings is 1. The predicted octanol–water partition coefficient (Wildman–Crippen LogP) is 5.32. The van der Waals surface area contributed by atoms with Gasteiger partial charge in [0.1, 0.15) is 23.7 Å². The molecular formula is C33H50N4O6. The average Bonchev–Trinajstić information content (AvgIpc) is 3.53. The number of ether oxygens (including phenoxy) is 3. The van der Waals surface area contributed by atoms with Crippen molar-refractivity contribution in [1.82, 2.24) is 19.3 Å². The van der Waals surface area contributed by atoms with Gasteiger partial charge in [-0.1, -0.05) is 12.1 Å². The summed E-state index contributed by atoms with van der Waals surface area (Å²) >= 11 is 0. The molecule has 238 valence electrons. The van der Waals surface area contributed by atoms with E-state index >= 15 is 0 Å². The first-order valence-corrected chi connectivity index (χ1v) is 15.8. The van der Waals surface area contributed by atoms with Gasteiger partial charge in [-0.15, -0.1) is 0 Å². The molecule has 1 aromatic carbocycles. The van der Waals surface area contributed by atoms with E-state index < -0.39 is 5.60 Å². The van der Waals surface area contributed by atoms with E-state index in [1.165, 1.54) is 0 Å². The summed E-state index contributed by atoms with van der Waals surface area (Å²) in [6.45, 7) is 13.7. The molecule has 0 bridgehead atoms. The van der Waals surface area contributed by atoms with E-state index in [1.54, 1.807) is 12.0 Å². The number of hydrogen-bond donors (Lipinski definition) is 0. The third-order valence-corrected chi connectivity index (χ3v) is 8.11. The Balaban J connectivity index is 1.62. The lowest BCUT2D eigenvalue weighted by Gasteiger charge is -2.41. The molecule has 0 radical (unpaired) electrons. The SMILES string of the molecule is COCCCCn1c(C(=O)N(C(C)C)[C@@H]2CCCN(C(=O)OC(C)(C)C)C2)cc2cccc(OCCN3CCCC3=O)c21. The summed E-state index contributed by atoms with van der Waals surface area (Å²) in [5.41, 5.74) is 0.922. The highest BCUT2D eigenvalue weighted by atomic mass is 16.6. The second-order valence-corrected chi connectivity index (χ2v) is 12.9. The number of carbonyl (C=O) groups excluding carboxylic acids is 3. The molecule has 1 atom stereocenters. The topological polar surface area (TPSA) is 93.6 Å². The number of rotatable bonds is 12. The molecule has 1 aromatic heterocycles. The van der Waals surface area contributed by atoms with E-state index in [4.69, 9.17) is 14.2 Å². The second-order valence-electron chi connectivity index (χ2n) is 12.9. The summed E-state index contributed by atoms with van der Waals surface area (Å²) in [6.07, 6.45) is 4.50. The largest absolute Gasteiger partial charge is 0.490 e. The molecule has 43 heavy (non-hydrogen) atoms. The van der Waals surface area contributed by atoms with Crippen LogP contribution in [0.5, 0.6) is 5.75 Å². The van der Waals surface area contributed by atoms with Gasteiger partial charge in [-0.25, -0.2) is 4.79 Å². The predicted molar refractivity (Wildman–Crippen MR) is 166 cm³/mol. The van der Waals surface area contributed by atoms with Gasteiger partial charge in [0.2, 0.25) is 5.91 Å². The van der Waals surface area contributed by atoms with Gasteiger partial charge in [0, 0.05) is 57.7 Å². The maximum atomic E-state index is 14.5. The van der Waals surface area contributed by atoms with Crippen LogP contribution < -0.4 is 4.74 Å². The standard InChI is InChI=1S/C33H50N4O6/c1-24(2)37(26-13-10-17-35(23-26)32(40)43-33(3,4)5)31(39)27-22-25-12-9-14-28(30(25)36(27)18-7-8-20-41-6)42-21-19-34-16-11-15-29(34)38/h9,12,14,22,24,26H,7-8,10-11,13,15-21,23H2,1-6H3/t26-/m1/s1. The quantitative estimate of drug-likeness (QED) is 0.307. The van der Waals surface area contributed by atoms with Gasteiger partial charge >= 0.3 is 6.09 Å². The first-order valence-electron chi connectivity index (χ1n) is 15.8. The Morgan fingerprint density at radius 1 is 1.07 bits per heavy atom. The van der Waals surface area contributed by atoms with Crippen LogP contribution in [-0.4, -0.2) is 101 Å². The van der Waals surface area contributed by atoms with Crippen molar-refractivity contribution in [2.45, 2.75) is 97.4 Å². The van der Waals surface area contributed by atoms with Crippen molar-refractivity contribution in [3.8, 4) is 5.75 Å². The number of amides is 3. The summed E-state index contributed by atoms with van der Waals surface area (Å²) in [7, 11) is 1.70. The first-order chi connectivity index (χ1) is 20.5. The molecule has 2 aliphatic rings. The van der Waals surface area contributed by atoms with Gasteiger partial charge in [0.05, 0.1) is 18.1 Å². The third-order valence-electron chi connectivity index (χ3n) is 8.11. The number of unbranched alkanes of at least 4 members (excludes halogenated alkanes) is 1. The molecule has 10 nitrogen and oxygen atoms in total. The molecule has 0 aliphatic carbocycles. The molecule has 0 spiro atoms. The van der Waals surface area contributed by atoms with E-state index in [2.05, 4.69) is 4.57 Å². The highest BCUT2D eigenvalue weighted by molar-refractivity contribution is 6.00. The maximum absolute atomic E-state index is 14.5. The Hall–Kier alpha value is -3.27. The molecule has 0 N–H and O–H groups in total. The minimum atomic E-state index is -0.578. The summed E-state index contributed by atoms with van der Waals surface area (Å²) in [5, 5.41) is 0.938. The zero-order valence-corrected chi connectivity index (χ0v) is 26.9. The fourth-order valence-corrected chi connectivity index (χ4v) is 6.17. The van der Waals surface area contributed by atoms with Crippen molar-refractivity contribution >= 4 is 28.8 Å². The number of aromatic nitrogens is 1. The van der Waals surface area contributed by atoms with Crippen LogP contribution in [-0.2, 0) is 20.8 Å². The summed E-state index contributed by atoms with van der Waals surface area (Å²) in [6, 6.07) is 7.68. The molecule has 10 heteroatoms. The molecule has 2 fully saturated rings. The minimum absolute atomic E-state index is 0.0532. The highest BCUT2D eigenvalue weighted by Crippen LogP contribution is 2.32. The summed E-state index contributed by atoms with van der Waals surface area (Å²) in [5.74, 6) is 0.834. The number of piperidine rings is 1. The van der Waals surface area contributed by atoms with Crippen LogP contribution in [0.3, 0.4) is 0 Å². The van der Waals surface area contributed by atoms with Crippen molar-refractivity contribution in [1.29, 1.82) is 0 Å². The maximum Gasteiger partial charge on any atom is 0.410 e. The normalized spacial score (nSPS) is 17.7. The number of likely N-dealkylation sites (tertiary alicyclic amines) is 2. The smallest absolute Gasteiger partial charge is 0.410 e. The molecule has 2 aliphatic heterocycles. The van der Waals surface area contributed by atoms with E-state index in [-0.39, 0.29) is 30.0 Å². The third kappa shape index (κ3) is 8.22. The Bertz CT molecular complexity index is 1270. The molecule has 2 aromatic rings. The highest BCUT2D eigenvalue weighted by Gasteiger charge is 2.35. The van der Waals surface area contributed by atoms with Crippen molar-refractivity contribution in [2.24, 2.45) is 0 Å². The lowest BCUT2D eigenvalue weighted by molar-refractivity contribution is -0.128. The minimum Gasteiger partial charge on any atom is -0.490 e. The molecule has 4 rings (SSSR count). The van der Waals surface area contributed by atoms with Crippen LogP contribution in [0.15, 0.2) is 24.3 Å². The van der Waals surface area contributed by atoms with Gasteiger partial charge in [-0.3, -0.25) is 9.59 Å². The van der Waals surface area contributed by atoms with Gasteiger partial charge in [0.15, 0.2) is 0 Å². The van der Waals surface area contributed by atoms with Crippen LogP contribution in [0, 0.1) is 0 Å². The lowest BCUT2D eigenvalue weighted by atomic mass is 10.0. The first kappa shape index (κ1) is 32.6. The van der Waals surface area contributed by atoms with E-state index in [9.17, 15) is 14.4 Å². The second kappa shape index (κ2) is 14.5. The van der Waals surface area contributed by atoms with Crippen molar-refractivity contribution < 1.29 is 28.6 Å². The van der Waals surface area contributed by atoms with Gasteiger partial charge in [-0.05, 0) is 78.9 Å². The van der Waals surface area contributed by atoms with Crippen molar-refractivity contribution in [2.75, 3.05) is 46.5 Å². The molecule has 0 unspecified atom stereocenters. The van der Waals surface area contributed by atoms with Gasteiger partial charge in [0.25, 0.3) is 5.91 Å². The van der Waals surface area contributed by atoms with Crippen LogP contribution in [0.25, 0.3) is 10.9 Å². The molecule has 2 saturated heterocycles. The van der Waals surface area contributed by atoms with Crippen molar-refractivity contribution in [3.63, 3.8) is 0 Å². The average molecular weight is 599 g/mol. The Labute approximate surface area is 256 Å². The lowest BCUT2D eigenvalue weighted by Crippen LogP contribution is -2.54. The van der Waals surface area contributed by atoms with Crippen LogP contribution in [0.4, 0.5) is 4.79 Å². The summed E-state index contributed by atoms with van der Waals surface area (Å²) in [4.78, 5) is 45.0. The number of methoxy groups -OCH3 is 1. The zero-order valence-electron chi connectivity index (χ0n) is 26.9. The van der Waals surface area contributed by atoms with Gasteiger partial charge < -0.3 is 33.5 Å². The number of hydrogen-bond acceptors (Lipinski definition) is 6. The van der Waals surface area contributed by atoms with Crippen LogP contribution >= 0.6 is 0 Å². The van der Waals surface area contributed by atoms with Gasteiger partial charge in [-0.2, -0.15) is 0 Å². The van der Waals surface area contributed by atoms with Crippen molar-refractivity contribution in [3.05, 3.63) is 30.0 Å². The fraction of sp³-hybridized carbons (Fsp3) is 0.667. The monoisotopic (exact) mass is 598 g/mol. The Kier molecular flexibility index (Phi) is 11.0. The number of nitrogens with zero attached hydrogens (tertiary/aromatic N) is 4. The zero-order chi connectivity index (χ0) is 31.1. The molecular weight excluding hydrogens is 548 g/mol. The van der Waals surface area contributed by atoms with E-state index in [1.807, 2.05) is 68.7 Å². The molecule has 3 heterocycles. The Morgan fingerprint density at radius 3 is 2.53 bits per heavy atom. The Morgan fingerprint density at radius 2 is 1.86 bits per heavy atom. The number of aryl methyl sites for hydroxylation is 1. The number of fused-ring (bicyclic) bond motifs is 1. The van der Waals surface area contributed by atoms with Crippen LogP contribution in [0.2, 0.25) is 0 Å². The van der Waals surface area contributed by atoms with Crippen LogP contribution in [0.1, 0.15) is 83.6 Å². The van der Waals surface area contributed by atoms with E-state index in [0.29, 0.717) is 57.3 Å². The number of carbonyl (C=O) groups is 3. The summed E-state index contributed by atoms with van der Waals surface area (Å²) < 4.78 is 19.3. The van der Waals surface area contributed by atoms with E-state index in [0.717, 1.165) is 49.6 Å².